The molecule has 0 aromatic carbocycles. The molecule has 2 fully saturated rings. The highest BCUT2D eigenvalue weighted by atomic mass is 16.5. The van der Waals surface area contributed by atoms with Gasteiger partial charge in [0.15, 0.2) is 0 Å². The number of hydrogen-bond donors (Lipinski definition) is 2. The van der Waals surface area contributed by atoms with Crippen LogP contribution < -0.4 is 0 Å². The maximum absolute atomic E-state index is 11.8. The second-order valence-corrected chi connectivity index (χ2v) is 21.0. The molecule has 0 radical (unpaired) electrons. The van der Waals surface area contributed by atoms with Crippen LogP contribution in [0.5, 0.6) is 0 Å². The highest BCUT2D eigenvalue weighted by Crippen LogP contribution is 2.47. The van der Waals surface area contributed by atoms with Crippen LogP contribution >= 0.6 is 0 Å². The van der Waals surface area contributed by atoms with Gasteiger partial charge in [0.05, 0.1) is 25.7 Å². The first kappa shape index (κ1) is 67.1. The minimum absolute atomic E-state index is 0.00725. The molecule has 2 N–H and O–H groups in total. The van der Waals surface area contributed by atoms with Crippen molar-refractivity contribution in [3.8, 4) is 0 Å². The van der Waals surface area contributed by atoms with Gasteiger partial charge < -0.3 is 29.4 Å². The number of ether oxygens (including phenoxy) is 2. The molecule has 2 saturated carbocycles. The lowest BCUT2D eigenvalue weighted by Crippen LogP contribution is -2.25. The summed E-state index contributed by atoms with van der Waals surface area (Å²) in [5, 5.41) is 17.5. The molecular weight excluding hydrogens is 819 g/mol. The molecule has 0 heterocycles. The second kappa shape index (κ2) is 51.8. The number of aliphatic hydroxyl groups excluding tert-OH is 2. The zero-order chi connectivity index (χ0) is 49.3. The minimum Gasteiger partial charge on any atom is -0.465 e. The van der Waals surface area contributed by atoms with E-state index < -0.39 is 0 Å². The van der Waals surface area contributed by atoms with Gasteiger partial charge in [-0.3, -0.25) is 4.79 Å². The minimum atomic E-state index is -0.123. The summed E-state index contributed by atoms with van der Waals surface area (Å²) in [6.45, 7) is 17.8. The number of aldehydes is 1. The number of rotatable bonds is 44. The number of aliphatic hydroxyl groups is 2. The SMILES string of the molecule is CCC(CC=O)C(COC(=O)CCN(C)C)CC1CC1CC.CCCCCC.CCCCCCCCC1CC1CCCCCCCCOC(C)CO.CCCCCCCCCCCCCO. The van der Waals surface area contributed by atoms with Crippen LogP contribution in [0.2, 0.25) is 0 Å². The molecule has 2 aliphatic carbocycles. The van der Waals surface area contributed by atoms with Gasteiger partial charge in [-0.25, -0.2) is 0 Å². The fourth-order valence-electron chi connectivity index (χ4n) is 9.32. The zero-order valence-electron chi connectivity index (χ0n) is 46.1. The van der Waals surface area contributed by atoms with Crippen LogP contribution in [0.3, 0.4) is 0 Å². The highest BCUT2D eigenvalue weighted by Gasteiger charge is 2.38. The van der Waals surface area contributed by atoms with Crippen LogP contribution in [0.25, 0.3) is 0 Å². The third-order valence-electron chi connectivity index (χ3n) is 14.4. The van der Waals surface area contributed by atoms with Crippen molar-refractivity contribution < 1.29 is 29.3 Å². The predicted octanol–water partition coefficient (Wildman–Crippen LogP) is 16.5. The van der Waals surface area contributed by atoms with Crippen LogP contribution in [0.4, 0.5) is 0 Å². The molecule has 0 spiro atoms. The lowest BCUT2D eigenvalue weighted by molar-refractivity contribution is -0.146. The van der Waals surface area contributed by atoms with Gasteiger partial charge in [-0.1, -0.05) is 228 Å². The highest BCUT2D eigenvalue weighted by molar-refractivity contribution is 5.69. The maximum atomic E-state index is 11.8. The third kappa shape index (κ3) is 46.7. The first-order valence-electron chi connectivity index (χ1n) is 29.2. The fourth-order valence-corrected chi connectivity index (χ4v) is 9.32. The zero-order valence-corrected chi connectivity index (χ0v) is 46.1. The Kier molecular flexibility index (Phi) is 52.7. The van der Waals surface area contributed by atoms with E-state index in [9.17, 15) is 9.59 Å². The van der Waals surface area contributed by atoms with E-state index in [-0.39, 0.29) is 18.7 Å². The average molecular weight is 939 g/mol. The molecule has 2 rings (SSSR count). The number of carbonyl (C=O) groups excluding carboxylic acids is 2. The van der Waals surface area contributed by atoms with Gasteiger partial charge in [0.2, 0.25) is 0 Å². The Labute approximate surface area is 413 Å². The van der Waals surface area contributed by atoms with Gasteiger partial charge >= 0.3 is 5.97 Å². The van der Waals surface area contributed by atoms with Gasteiger partial charge in [-0.15, -0.1) is 0 Å². The Morgan fingerprint density at radius 2 is 1.03 bits per heavy atom. The van der Waals surface area contributed by atoms with E-state index in [1.54, 1.807) is 0 Å². The van der Waals surface area contributed by atoms with Gasteiger partial charge in [0, 0.05) is 26.2 Å². The number of esters is 1. The van der Waals surface area contributed by atoms with E-state index in [4.69, 9.17) is 19.7 Å². The summed E-state index contributed by atoms with van der Waals surface area (Å²) in [5.74, 6) is 4.37. The van der Waals surface area contributed by atoms with E-state index in [0.717, 1.165) is 68.8 Å². The predicted molar refractivity (Wildman–Crippen MR) is 286 cm³/mol. The first-order valence-corrected chi connectivity index (χ1v) is 29.2. The van der Waals surface area contributed by atoms with E-state index in [2.05, 4.69) is 41.5 Å². The molecule has 0 bridgehead atoms. The summed E-state index contributed by atoms with van der Waals surface area (Å²) in [7, 11) is 3.90. The molecule has 396 valence electrons. The lowest BCUT2D eigenvalue weighted by Gasteiger charge is -2.25. The van der Waals surface area contributed by atoms with Crippen LogP contribution in [-0.4, -0.2) is 80.5 Å². The summed E-state index contributed by atoms with van der Waals surface area (Å²) in [5.41, 5.74) is 0. The Morgan fingerprint density at radius 3 is 1.44 bits per heavy atom. The Bertz CT molecular complexity index is 962. The first-order chi connectivity index (χ1) is 32.1. The van der Waals surface area contributed by atoms with Crippen LogP contribution in [0.1, 0.15) is 280 Å². The topological polar surface area (TPSA) is 96.3 Å². The Balaban J connectivity index is 0. The van der Waals surface area contributed by atoms with Crippen molar-refractivity contribution in [3.05, 3.63) is 0 Å². The van der Waals surface area contributed by atoms with Gasteiger partial charge in [-0.05, 0) is 88.6 Å². The van der Waals surface area contributed by atoms with Crippen molar-refractivity contribution >= 4 is 12.3 Å². The summed E-state index contributed by atoms with van der Waals surface area (Å²) in [6.07, 6.45) is 48.3. The van der Waals surface area contributed by atoms with Crippen molar-refractivity contribution in [3.63, 3.8) is 0 Å². The number of carbonyl (C=O) groups is 2. The molecule has 66 heavy (non-hydrogen) atoms. The number of nitrogens with zero attached hydrogens (tertiary/aromatic N) is 1. The van der Waals surface area contributed by atoms with Crippen LogP contribution in [0.15, 0.2) is 0 Å². The van der Waals surface area contributed by atoms with Crippen LogP contribution in [-0.2, 0) is 19.1 Å². The standard InChI is InChI=1S/C22H44O2.C18H33NO3.C13H28O.C6H14/c1-3-4-5-6-9-12-15-21-18-22(21)16-13-10-7-8-11-14-17-24-20(2)19-23;1-5-14(8-10-20)17(12-16-11-15(16)6-2)13-22-18(21)7-9-19(3)4;1-2-3-4-5-6-7-8-9-10-11-12-13-14;1-3-5-6-4-2/h20-23H,3-19H2,1-2H3;10,14-17H,5-9,11-13H2,1-4H3;14H,2-13H2,1H3;3-6H2,1-2H3. The van der Waals surface area contributed by atoms with E-state index in [0.29, 0.717) is 37.9 Å². The van der Waals surface area contributed by atoms with Gasteiger partial charge in [0.25, 0.3) is 0 Å². The van der Waals surface area contributed by atoms with Crippen molar-refractivity contribution in [2.24, 2.45) is 35.5 Å². The number of unbranched alkanes of at least 4 members (excludes halogenated alkanes) is 23. The molecule has 7 nitrogen and oxygen atoms in total. The fraction of sp³-hybridized carbons (Fsp3) is 0.966. The quantitative estimate of drug-likeness (QED) is 0.0357. The molecule has 0 aliphatic heterocycles. The lowest BCUT2D eigenvalue weighted by atomic mass is 9.84. The van der Waals surface area contributed by atoms with Crippen LogP contribution in [0, 0.1) is 35.5 Å². The summed E-state index contributed by atoms with van der Waals surface area (Å²) in [6, 6.07) is 0. The third-order valence-corrected chi connectivity index (χ3v) is 14.4. The maximum Gasteiger partial charge on any atom is 0.307 e. The number of hydrogen-bond acceptors (Lipinski definition) is 7. The van der Waals surface area contributed by atoms with E-state index in [1.165, 1.54) is 193 Å². The summed E-state index contributed by atoms with van der Waals surface area (Å²) >= 11 is 0. The summed E-state index contributed by atoms with van der Waals surface area (Å²) in [4.78, 5) is 24.7. The Hall–Kier alpha value is -1.02. The molecule has 2 aliphatic rings. The van der Waals surface area contributed by atoms with Crippen molar-refractivity contribution in [1.82, 2.24) is 4.90 Å². The second-order valence-electron chi connectivity index (χ2n) is 21.0. The van der Waals surface area contributed by atoms with E-state index >= 15 is 0 Å². The average Bonchev–Trinajstić information content (AvgIpc) is 4.26. The monoisotopic (exact) mass is 938 g/mol. The molecule has 0 amide bonds. The smallest absolute Gasteiger partial charge is 0.307 e. The van der Waals surface area contributed by atoms with Gasteiger partial charge in [0.1, 0.15) is 6.29 Å². The van der Waals surface area contributed by atoms with Crippen molar-refractivity contribution in [1.29, 1.82) is 0 Å². The molecule has 0 aromatic heterocycles. The van der Waals surface area contributed by atoms with Crippen molar-refractivity contribution in [2.75, 3.05) is 47.1 Å². The molecule has 0 aromatic rings. The molecule has 0 saturated heterocycles. The van der Waals surface area contributed by atoms with Crippen molar-refractivity contribution in [2.45, 2.75) is 286 Å². The Morgan fingerprint density at radius 1 is 0.591 bits per heavy atom. The van der Waals surface area contributed by atoms with Gasteiger partial charge in [-0.2, -0.15) is 0 Å². The molecule has 7 heteroatoms. The normalized spacial score (nSPS) is 18.5. The van der Waals surface area contributed by atoms with E-state index in [1.807, 2.05) is 25.9 Å². The summed E-state index contributed by atoms with van der Waals surface area (Å²) < 4.78 is 11.0. The molecular formula is C59H119NO6. The molecule has 7 unspecified atom stereocenters. The largest absolute Gasteiger partial charge is 0.465 e. The molecule has 7 atom stereocenters.